The van der Waals surface area contributed by atoms with Gasteiger partial charge in [-0.15, -0.1) is 10.2 Å². The van der Waals surface area contributed by atoms with Crippen LogP contribution in [-0.2, 0) is 6.42 Å². The lowest BCUT2D eigenvalue weighted by molar-refractivity contribution is 0.0990. The number of Topliss-reactive ketones (excluding diaryl/α,β-unsaturated/α-hetero) is 1. The lowest BCUT2D eigenvalue weighted by atomic mass is 10.1. The van der Waals surface area contributed by atoms with Gasteiger partial charge in [0.15, 0.2) is 5.78 Å². The van der Waals surface area contributed by atoms with Crippen molar-refractivity contribution in [1.29, 1.82) is 0 Å². The quantitative estimate of drug-likeness (QED) is 0.446. The molecule has 0 spiro atoms. The van der Waals surface area contributed by atoms with E-state index < -0.39 is 0 Å². The molecule has 1 saturated heterocycles. The average molecular weight is 434 g/mol. The Morgan fingerprint density at radius 1 is 1.19 bits per heavy atom. The molecule has 158 valence electrons. The number of aromatic nitrogens is 6. The van der Waals surface area contributed by atoms with Gasteiger partial charge >= 0.3 is 0 Å². The Labute approximate surface area is 184 Å². The van der Waals surface area contributed by atoms with Gasteiger partial charge in [0.25, 0.3) is 0 Å². The summed E-state index contributed by atoms with van der Waals surface area (Å²) >= 11 is 1.54. The molecule has 1 aliphatic heterocycles. The van der Waals surface area contributed by atoms with Crippen molar-refractivity contribution < 1.29 is 4.79 Å². The molecule has 9 heteroatoms. The summed E-state index contributed by atoms with van der Waals surface area (Å²) in [4.78, 5) is 24.2. The second-order valence-electron chi connectivity index (χ2n) is 8.03. The second-order valence-corrected chi connectivity index (χ2v) is 9.21. The topological polar surface area (TPSA) is 89.7 Å². The van der Waals surface area contributed by atoms with Crippen LogP contribution < -0.4 is 0 Å². The molecule has 0 unspecified atom stereocenters. The molecule has 0 atom stereocenters. The average Bonchev–Trinajstić information content (AvgIpc) is 3.43. The fraction of sp³-hybridized carbons (Fsp3) is 0.364. The van der Waals surface area contributed by atoms with Crippen molar-refractivity contribution in [2.75, 3.05) is 20.1 Å². The number of hydrogen-bond donors (Lipinski definition) is 0. The lowest BCUT2D eigenvalue weighted by Crippen LogP contribution is -2.31. The number of nitrogens with zero attached hydrogens (tertiary/aromatic N) is 7. The Balaban J connectivity index is 1.33. The fourth-order valence-corrected chi connectivity index (χ4v) is 4.57. The molecule has 1 fully saturated rings. The van der Waals surface area contributed by atoms with Gasteiger partial charge < -0.3 is 4.90 Å². The van der Waals surface area contributed by atoms with E-state index >= 15 is 0 Å². The Bertz CT molecular complexity index is 1240. The first-order valence-corrected chi connectivity index (χ1v) is 11.2. The summed E-state index contributed by atoms with van der Waals surface area (Å²) in [5.74, 6) is 0.490. The van der Waals surface area contributed by atoms with Crippen LogP contribution in [0.2, 0.25) is 0 Å². The number of carbonyl (C=O) groups excluding carboxylic acids is 1. The smallest absolute Gasteiger partial charge is 0.173 e. The summed E-state index contributed by atoms with van der Waals surface area (Å²) in [5.41, 5.74) is 2.37. The van der Waals surface area contributed by atoms with Crippen LogP contribution in [0.3, 0.4) is 0 Å². The molecule has 0 bridgehead atoms. The number of carbonyl (C=O) groups is 1. The maximum absolute atomic E-state index is 12.8. The van der Waals surface area contributed by atoms with Crippen molar-refractivity contribution in [3.63, 3.8) is 0 Å². The highest BCUT2D eigenvalue weighted by atomic mass is 32.1. The van der Waals surface area contributed by atoms with Gasteiger partial charge in [0.05, 0.1) is 29.7 Å². The van der Waals surface area contributed by atoms with Crippen molar-refractivity contribution in [3.05, 3.63) is 53.2 Å². The van der Waals surface area contributed by atoms with Crippen LogP contribution in [0.15, 0.2) is 36.8 Å². The molecule has 4 aromatic rings. The summed E-state index contributed by atoms with van der Waals surface area (Å²) in [6, 6.07) is 6.30. The Hall–Kier alpha value is -3.04. The minimum Gasteiger partial charge on any atom is -0.306 e. The van der Waals surface area contributed by atoms with E-state index in [1.165, 1.54) is 0 Å². The van der Waals surface area contributed by atoms with E-state index in [9.17, 15) is 4.79 Å². The number of hydrogen-bond acceptors (Lipinski definition) is 8. The monoisotopic (exact) mass is 433 g/mol. The summed E-state index contributed by atoms with van der Waals surface area (Å²) in [6.07, 6.45) is 7.55. The van der Waals surface area contributed by atoms with Crippen LogP contribution in [0, 0.1) is 6.92 Å². The zero-order valence-corrected chi connectivity index (χ0v) is 18.3. The van der Waals surface area contributed by atoms with Gasteiger partial charge in [0.2, 0.25) is 0 Å². The van der Waals surface area contributed by atoms with Gasteiger partial charge in [-0.2, -0.15) is 5.10 Å². The first kappa shape index (κ1) is 19.9. The molecule has 5 rings (SSSR count). The van der Waals surface area contributed by atoms with E-state index in [4.69, 9.17) is 0 Å². The fourth-order valence-electron chi connectivity index (χ4n) is 3.88. The first-order chi connectivity index (χ1) is 15.0. The van der Waals surface area contributed by atoms with Gasteiger partial charge in [-0.3, -0.25) is 9.48 Å². The van der Waals surface area contributed by atoms with E-state index in [-0.39, 0.29) is 12.2 Å². The molecule has 1 aromatic carbocycles. The van der Waals surface area contributed by atoms with Crippen molar-refractivity contribution in [2.45, 2.75) is 32.2 Å². The predicted octanol–water partition coefficient (Wildman–Crippen LogP) is 3.35. The molecular weight excluding hydrogens is 410 g/mol. The third kappa shape index (κ3) is 4.24. The zero-order valence-electron chi connectivity index (χ0n) is 17.5. The van der Waals surface area contributed by atoms with E-state index in [1.54, 1.807) is 23.7 Å². The van der Waals surface area contributed by atoms with E-state index in [0.29, 0.717) is 17.4 Å². The van der Waals surface area contributed by atoms with Gasteiger partial charge in [-0.1, -0.05) is 23.5 Å². The molecule has 4 heterocycles. The largest absolute Gasteiger partial charge is 0.306 e. The molecule has 0 radical (unpaired) electrons. The van der Waals surface area contributed by atoms with Crippen molar-refractivity contribution in [2.24, 2.45) is 0 Å². The third-order valence-electron chi connectivity index (χ3n) is 5.71. The van der Waals surface area contributed by atoms with Crippen molar-refractivity contribution >= 4 is 28.0 Å². The summed E-state index contributed by atoms with van der Waals surface area (Å²) < 4.78 is 1.94. The Morgan fingerprint density at radius 3 is 2.81 bits per heavy atom. The number of fused-ring (bicyclic) bond motifs is 1. The first-order valence-electron chi connectivity index (χ1n) is 10.4. The van der Waals surface area contributed by atoms with Gasteiger partial charge in [-0.25, -0.2) is 9.97 Å². The maximum atomic E-state index is 12.8. The Kier molecular flexibility index (Phi) is 5.29. The molecule has 31 heavy (non-hydrogen) atoms. The zero-order chi connectivity index (χ0) is 21.4. The number of likely N-dealkylation sites (tertiary alicyclic amines) is 1. The van der Waals surface area contributed by atoms with Crippen LogP contribution >= 0.6 is 11.3 Å². The second kappa shape index (κ2) is 8.24. The molecule has 0 amide bonds. The highest BCUT2D eigenvalue weighted by Gasteiger charge is 2.20. The van der Waals surface area contributed by atoms with Crippen LogP contribution in [-0.4, -0.2) is 60.8 Å². The molecule has 0 saturated carbocycles. The van der Waals surface area contributed by atoms with Crippen molar-refractivity contribution in [3.8, 4) is 10.6 Å². The number of aryl methyl sites for hydroxylation is 1. The number of piperidine rings is 1. The molecular formula is C22H23N7OS. The van der Waals surface area contributed by atoms with E-state index in [1.807, 2.05) is 36.0 Å². The molecule has 0 aliphatic carbocycles. The molecule has 3 aromatic heterocycles. The minimum atomic E-state index is -0.0190. The van der Waals surface area contributed by atoms with Gasteiger partial charge in [0.1, 0.15) is 15.8 Å². The lowest BCUT2D eigenvalue weighted by Gasteiger charge is -2.28. The third-order valence-corrected chi connectivity index (χ3v) is 6.60. The molecule has 0 N–H and O–H groups in total. The van der Waals surface area contributed by atoms with E-state index in [2.05, 4.69) is 37.2 Å². The molecule has 8 nitrogen and oxygen atoms in total. The summed E-state index contributed by atoms with van der Waals surface area (Å²) in [6.45, 7) is 4.04. The minimum absolute atomic E-state index is 0.0190. The number of rotatable bonds is 5. The summed E-state index contributed by atoms with van der Waals surface area (Å²) in [5, 5.41) is 15.4. The predicted molar refractivity (Wildman–Crippen MR) is 119 cm³/mol. The van der Waals surface area contributed by atoms with E-state index in [0.717, 1.165) is 52.4 Å². The van der Waals surface area contributed by atoms with Crippen LogP contribution in [0.25, 0.3) is 21.5 Å². The van der Waals surface area contributed by atoms with Crippen LogP contribution in [0.5, 0.6) is 0 Å². The highest BCUT2D eigenvalue weighted by Crippen LogP contribution is 2.26. The number of ketones is 1. The van der Waals surface area contributed by atoms with Crippen LogP contribution in [0.1, 0.15) is 40.1 Å². The van der Waals surface area contributed by atoms with Crippen molar-refractivity contribution in [1.82, 2.24) is 34.8 Å². The van der Waals surface area contributed by atoms with Crippen LogP contribution in [0.4, 0.5) is 0 Å². The normalized spacial score (nSPS) is 15.5. The summed E-state index contributed by atoms with van der Waals surface area (Å²) in [7, 11) is 2.13. The molecule has 1 aliphatic rings. The highest BCUT2D eigenvalue weighted by molar-refractivity contribution is 7.14. The standard InChI is InChI=1S/C22H23N7OS/c1-14-26-27-22(31-14)15-3-4-16-11-23-21(25-19(16)9-15)10-20(30)17-12-24-29(13-17)18-5-7-28(2)8-6-18/h3-4,9,11-13,18H,5-8,10H2,1-2H3. The maximum Gasteiger partial charge on any atom is 0.173 e. The number of benzene rings is 1. The SMILES string of the molecule is Cc1nnc(-c2ccc3cnc(CC(=O)c4cnn(C5CCN(C)CC5)c4)nc3c2)s1. The van der Waals surface area contributed by atoms with Gasteiger partial charge in [-0.05, 0) is 46.0 Å². The Morgan fingerprint density at radius 2 is 2.03 bits per heavy atom. The van der Waals surface area contributed by atoms with Gasteiger partial charge in [0, 0.05) is 23.3 Å².